The highest BCUT2D eigenvalue weighted by atomic mass is 32.2. The van der Waals surface area contributed by atoms with Crippen molar-refractivity contribution in [3.8, 4) is 0 Å². The van der Waals surface area contributed by atoms with Crippen molar-refractivity contribution < 1.29 is 13.2 Å². The monoisotopic (exact) mass is 325 g/mol. The first-order valence-corrected chi connectivity index (χ1v) is 9.37. The van der Waals surface area contributed by atoms with Gasteiger partial charge in [0, 0.05) is 25.2 Å². The average Bonchev–Trinajstić information content (AvgIpc) is 2.90. The van der Waals surface area contributed by atoms with Crippen LogP contribution in [0.15, 0.2) is 24.3 Å². The Kier molecular flexibility index (Phi) is 5.93. The van der Waals surface area contributed by atoms with Gasteiger partial charge < -0.3 is 5.32 Å². The second kappa shape index (κ2) is 7.71. The van der Waals surface area contributed by atoms with E-state index in [2.05, 4.69) is 21.0 Å². The summed E-state index contributed by atoms with van der Waals surface area (Å²) in [6, 6.07) is 7.80. The van der Waals surface area contributed by atoms with Crippen LogP contribution < -0.4 is 10.0 Å². The molecule has 0 aromatic heterocycles. The quantitative estimate of drug-likeness (QED) is 0.788. The minimum absolute atomic E-state index is 0.109. The van der Waals surface area contributed by atoms with Crippen LogP contribution in [0, 0.1) is 0 Å². The summed E-state index contributed by atoms with van der Waals surface area (Å²) in [5.41, 5.74) is 1.93. The number of hydrogen-bond donors (Lipinski definition) is 2. The van der Waals surface area contributed by atoms with Crippen molar-refractivity contribution >= 4 is 21.6 Å². The Balaban J connectivity index is 1.82. The number of nitrogens with one attached hydrogen (secondary N) is 2. The van der Waals surface area contributed by atoms with Gasteiger partial charge in [-0.15, -0.1) is 0 Å². The van der Waals surface area contributed by atoms with E-state index in [9.17, 15) is 13.2 Å². The normalized spacial score (nSPS) is 15.9. The lowest BCUT2D eigenvalue weighted by Crippen LogP contribution is -2.26. The molecular formula is C15H23N3O3S. The summed E-state index contributed by atoms with van der Waals surface area (Å²) in [4.78, 5) is 14.2. The first-order chi connectivity index (χ1) is 10.4. The SMILES string of the molecule is CS(=O)(=O)NCCC(=O)Nc1cccc(CN2CCCC2)c1. The van der Waals surface area contributed by atoms with Gasteiger partial charge in [-0.3, -0.25) is 9.69 Å². The van der Waals surface area contributed by atoms with E-state index in [1.54, 1.807) is 0 Å². The van der Waals surface area contributed by atoms with Gasteiger partial charge in [-0.1, -0.05) is 12.1 Å². The minimum Gasteiger partial charge on any atom is -0.326 e. The predicted octanol–water partition coefficient (Wildman–Crippen LogP) is 1.16. The Morgan fingerprint density at radius 1 is 1.27 bits per heavy atom. The molecule has 22 heavy (non-hydrogen) atoms. The molecule has 7 heteroatoms. The molecule has 1 aliphatic rings. The van der Waals surface area contributed by atoms with E-state index >= 15 is 0 Å². The molecular weight excluding hydrogens is 302 g/mol. The molecule has 1 heterocycles. The van der Waals surface area contributed by atoms with Crippen LogP contribution in [0.4, 0.5) is 5.69 Å². The van der Waals surface area contributed by atoms with E-state index in [1.807, 2.05) is 18.2 Å². The van der Waals surface area contributed by atoms with Gasteiger partial charge in [0.25, 0.3) is 0 Å². The molecule has 122 valence electrons. The fourth-order valence-corrected chi connectivity index (χ4v) is 2.99. The molecule has 6 nitrogen and oxygen atoms in total. The van der Waals surface area contributed by atoms with Crippen LogP contribution in [0.5, 0.6) is 0 Å². The van der Waals surface area contributed by atoms with E-state index in [-0.39, 0.29) is 18.9 Å². The average molecular weight is 325 g/mol. The first-order valence-electron chi connectivity index (χ1n) is 7.48. The van der Waals surface area contributed by atoms with E-state index in [1.165, 1.54) is 18.4 Å². The Morgan fingerprint density at radius 3 is 2.68 bits per heavy atom. The van der Waals surface area contributed by atoms with Gasteiger partial charge in [0.05, 0.1) is 6.26 Å². The van der Waals surface area contributed by atoms with E-state index in [0.717, 1.165) is 31.6 Å². The van der Waals surface area contributed by atoms with E-state index < -0.39 is 10.0 Å². The summed E-state index contributed by atoms with van der Waals surface area (Å²) < 4.78 is 24.2. The lowest BCUT2D eigenvalue weighted by atomic mass is 10.2. The number of hydrogen-bond acceptors (Lipinski definition) is 4. The molecule has 1 amide bonds. The summed E-state index contributed by atoms with van der Waals surface area (Å²) in [5.74, 6) is -0.200. The summed E-state index contributed by atoms with van der Waals surface area (Å²) in [6.07, 6.45) is 3.70. The number of carbonyl (C=O) groups is 1. The third kappa shape index (κ3) is 6.13. The predicted molar refractivity (Wildman–Crippen MR) is 87.0 cm³/mol. The van der Waals surface area contributed by atoms with Crippen LogP contribution in [0.2, 0.25) is 0 Å². The molecule has 1 aromatic carbocycles. The molecule has 0 spiro atoms. The zero-order valence-electron chi connectivity index (χ0n) is 12.8. The lowest BCUT2D eigenvalue weighted by molar-refractivity contribution is -0.116. The Hall–Kier alpha value is -1.44. The molecule has 0 radical (unpaired) electrons. The summed E-state index contributed by atoms with van der Waals surface area (Å²) in [6.45, 7) is 3.28. The Bertz CT molecular complexity index is 610. The second-order valence-corrected chi connectivity index (χ2v) is 7.48. The number of anilines is 1. The van der Waals surface area contributed by atoms with Crippen molar-refractivity contribution in [3.05, 3.63) is 29.8 Å². The second-order valence-electron chi connectivity index (χ2n) is 5.65. The van der Waals surface area contributed by atoms with Crippen LogP contribution in [0.3, 0.4) is 0 Å². The van der Waals surface area contributed by atoms with Crippen LogP contribution in [0.1, 0.15) is 24.8 Å². The third-order valence-corrected chi connectivity index (χ3v) is 4.26. The zero-order valence-corrected chi connectivity index (χ0v) is 13.7. The first kappa shape index (κ1) is 16.9. The highest BCUT2D eigenvalue weighted by Gasteiger charge is 2.12. The molecule has 0 atom stereocenters. The van der Waals surface area contributed by atoms with Crippen molar-refractivity contribution in [1.82, 2.24) is 9.62 Å². The number of benzene rings is 1. The fraction of sp³-hybridized carbons (Fsp3) is 0.533. The maximum atomic E-state index is 11.8. The van der Waals surface area contributed by atoms with Gasteiger partial charge in [-0.2, -0.15) is 0 Å². The lowest BCUT2D eigenvalue weighted by Gasteiger charge is -2.15. The molecule has 1 aliphatic heterocycles. The molecule has 1 fully saturated rings. The number of carbonyl (C=O) groups excluding carboxylic acids is 1. The van der Waals surface area contributed by atoms with Crippen LogP contribution in [-0.4, -0.2) is 45.1 Å². The van der Waals surface area contributed by atoms with Crippen LogP contribution in [0.25, 0.3) is 0 Å². The summed E-state index contributed by atoms with van der Waals surface area (Å²) >= 11 is 0. The molecule has 0 bridgehead atoms. The molecule has 0 aliphatic carbocycles. The van der Waals surface area contributed by atoms with Gasteiger partial charge in [0.15, 0.2) is 0 Å². The molecule has 2 rings (SSSR count). The Labute approximate surface area is 131 Å². The van der Waals surface area contributed by atoms with Gasteiger partial charge >= 0.3 is 0 Å². The maximum absolute atomic E-state index is 11.8. The standard InChI is InChI=1S/C15H23N3O3S/c1-22(20,21)16-8-7-15(19)17-14-6-4-5-13(11-14)12-18-9-2-3-10-18/h4-6,11,16H,2-3,7-10,12H2,1H3,(H,17,19). The van der Waals surface area contributed by atoms with Crippen molar-refractivity contribution in [2.45, 2.75) is 25.8 Å². The van der Waals surface area contributed by atoms with Crippen molar-refractivity contribution in [2.75, 3.05) is 31.2 Å². The van der Waals surface area contributed by atoms with Crippen molar-refractivity contribution in [3.63, 3.8) is 0 Å². The van der Waals surface area contributed by atoms with Crippen molar-refractivity contribution in [1.29, 1.82) is 0 Å². The minimum atomic E-state index is -3.25. The van der Waals surface area contributed by atoms with Crippen molar-refractivity contribution in [2.24, 2.45) is 0 Å². The number of sulfonamides is 1. The topological polar surface area (TPSA) is 78.5 Å². The van der Waals surface area contributed by atoms with Crippen LogP contribution >= 0.6 is 0 Å². The highest BCUT2D eigenvalue weighted by molar-refractivity contribution is 7.88. The largest absolute Gasteiger partial charge is 0.326 e. The highest BCUT2D eigenvalue weighted by Crippen LogP contribution is 2.16. The molecule has 1 saturated heterocycles. The smallest absolute Gasteiger partial charge is 0.225 e. The number of amides is 1. The Morgan fingerprint density at radius 2 is 2.00 bits per heavy atom. The molecule has 0 unspecified atom stereocenters. The van der Waals surface area contributed by atoms with Gasteiger partial charge in [-0.05, 0) is 43.6 Å². The molecule has 1 aromatic rings. The van der Waals surface area contributed by atoms with Gasteiger partial charge in [0.1, 0.15) is 0 Å². The fourth-order valence-electron chi connectivity index (χ4n) is 2.52. The third-order valence-electron chi connectivity index (χ3n) is 3.53. The number of nitrogens with zero attached hydrogens (tertiary/aromatic N) is 1. The molecule has 0 saturated carbocycles. The zero-order chi connectivity index (χ0) is 16.0. The number of likely N-dealkylation sites (tertiary alicyclic amines) is 1. The van der Waals surface area contributed by atoms with Crippen LogP contribution in [-0.2, 0) is 21.4 Å². The van der Waals surface area contributed by atoms with E-state index in [0.29, 0.717) is 0 Å². The van der Waals surface area contributed by atoms with Gasteiger partial charge in [0.2, 0.25) is 15.9 Å². The van der Waals surface area contributed by atoms with Gasteiger partial charge in [-0.25, -0.2) is 13.1 Å². The maximum Gasteiger partial charge on any atom is 0.225 e. The number of rotatable bonds is 7. The molecule has 2 N–H and O–H groups in total. The van der Waals surface area contributed by atoms with E-state index in [4.69, 9.17) is 0 Å². The summed E-state index contributed by atoms with van der Waals surface area (Å²) in [5, 5.41) is 2.80. The summed E-state index contributed by atoms with van der Waals surface area (Å²) in [7, 11) is -3.25.